The topological polar surface area (TPSA) is 57.8 Å². The molecule has 1 heterocycles. The number of H-pyrrole nitrogens is 1. The summed E-state index contributed by atoms with van der Waals surface area (Å²) >= 11 is 6.04. The Labute approximate surface area is 122 Å². The molecule has 3 rings (SSSR count). The Morgan fingerprint density at radius 2 is 2.20 bits per heavy atom. The van der Waals surface area contributed by atoms with E-state index in [-0.39, 0.29) is 12.3 Å². The number of halogens is 1. The van der Waals surface area contributed by atoms with E-state index in [9.17, 15) is 4.79 Å². The van der Waals surface area contributed by atoms with Crippen molar-refractivity contribution in [3.05, 3.63) is 46.6 Å². The van der Waals surface area contributed by atoms with E-state index in [1.54, 1.807) is 6.07 Å². The second kappa shape index (κ2) is 5.67. The minimum absolute atomic E-state index is 0.107. The highest BCUT2D eigenvalue weighted by Gasteiger charge is 2.21. The number of carbonyl (C=O) groups is 1. The molecule has 1 aromatic carbocycles. The zero-order chi connectivity index (χ0) is 13.9. The van der Waals surface area contributed by atoms with Crippen LogP contribution in [0.25, 0.3) is 0 Å². The van der Waals surface area contributed by atoms with Crippen LogP contribution in [-0.4, -0.2) is 16.1 Å². The van der Waals surface area contributed by atoms with Crippen molar-refractivity contribution in [2.24, 2.45) is 0 Å². The predicted molar refractivity (Wildman–Crippen MR) is 79.0 cm³/mol. The van der Waals surface area contributed by atoms with E-state index in [2.05, 4.69) is 15.5 Å². The number of hydrogen-bond donors (Lipinski definition) is 2. The molecular weight excluding hydrogens is 274 g/mol. The van der Waals surface area contributed by atoms with E-state index < -0.39 is 0 Å². The molecule has 0 radical (unpaired) electrons. The second-order valence-electron chi connectivity index (χ2n) is 5.15. The summed E-state index contributed by atoms with van der Waals surface area (Å²) in [4.78, 5) is 12.0. The molecule has 104 valence electrons. The van der Waals surface area contributed by atoms with Crippen molar-refractivity contribution in [3.63, 3.8) is 0 Å². The Morgan fingerprint density at radius 3 is 2.90 bits per heavy atom. The summed E-state index contributed by atoms with van der Waals surface area (Å²) in [5.41, 5.74) is 1.94. The van der Waals surface area contributed by atoms with Crippen LogP contribution < -0.4 is 5.32 Å². The van der Waals surface area contributed by atoms with Gasteiger partial charge < -0.3 is 5.32 Å². The molecular formula is C15H16ClN3O. The van der Waals surface area contributed by atoms with Gasteiger partial charge in [-0.1, -0.05) is 36.2 Å². The quantitative estimate of drug-likeness (QED) is 0.905. The SMILES string of the molecule is O=C(Cc1ccccc1Cl)Nc1cc(C2CCC2)[nH]n1. The Kier molecular flexibility index (Phi) is 3.74. The average molecular weight is 290 g/mol. The first kappa shape index (κ1) is 13.2. The van der Waals surface area contributed by atoms with Crippen molar-refractivity contribution in [2.75, 3.05) is 5.32 Å². The van der Waals surface area contributed by atoms with Gasteiger partial charge in [-0.15, -0.1) is 0 Å². The van der Waals surface area contributed by atoms with Crippen molar-refractivity contribution in [1.29, 1.82) is 0 Å². The molecule has 1 amide bonds. The third-order valence-corrected chi connectivity index (χ3v) is 4.09. The van der Waals surface area contributed by atoms with E-state index in [1.807, 2.05) is 24.3 Å². The molecule has 1 aromatic heterocycles. The number of hydrogen-bond acceptors (Lipinski definition) is 2. The Bertz CT molecular complexity index is 619. The highest BCUT2D eigenvalue weighted by Crippen LogP contribution is 2.35. The lowest BCUT2D eigenvalue weighted by atomic mass is 9.83. The highest BCUT2D eigenvalue weighted by molar-refractivity contribution is 6.31. The molecule has 0 spiro atoms. The summed E-state index contributed by atoms with van der Waals surface area (Å²) in [6, 6.07) is 9.29. The van der Waals surface area contributed by atoms with Crippen LogP contribution in [0.3, 0.4) is 0 Å². The molecule has 4 nitrogen and oxygen atoms in total. The molecule has 1 aliphatic carbocycles. The van der Waals surface area contributed by atoms with Gasteiger partial charge in [0.1, 0.15) is 0 Å². The number of carbonyl (C=O) groups excluding carboxylic acids is 1. The molecule has 0 unspecified atom stereocenters. The standard InChI is InChI=1S/C15H16ClN3O/c16-12-7-2-1-4-11(12)8-15(20)17-14-9-13(18-19-14)10-5-3-6-10/h1-2,4,7,9-10H,3,5-6,8H2,(H2,17,18,19,20). The van der Waals surface area contributed by atoms with Gasteiger partial charge in [-0.05, 0) is 24.5 Å². The maximum Gasteiger partial charge on any atom is 0.230 e. The van der Waals surface area contributed by atoms with Crippen molar-refractivity contribution in [3.8, 4) is 0 Å². The summed E-state index contributed by atoms with van der Waals surface area (Å²) in [5.74, 6) is 1.06. The zero-order valence-electron chi connectivity index (χ0n) is 11.0. The smallest absolute Gasteiger partial charge is 0.230 e. The number of nitrogens with one attached hydrogen (secondary N) is 2. The molecule has 1 aliphatic rings. The van der Waals surface area contributed by atoms with Gasteiger partial charge in [0.2, 0.25) is 5.91 Å². The Morgan fingerprint density at radius 1 is 1.40 bits per heavy atom. The van der Waals surface area contributed by atoms with E-state index in [4.69, 9.17) is 11.6 Å². The van der Waals surface area contributed by atoms with Gasteiger partial charge in [-0.2, -0.15) is 5.10 Å². The van der Waals surface area contributed by atoms with Crippen LogP contribution in [0.2, 0.25) is 5.02 Å². The third kappa shape index (κ3) is 2.85. The third-order valence-electron chi connectivity index (χ3n) is 3.72. The predicted octanol–water partition coefficient (Wildman–Crippen LogP) is 3.51. The molecule has 0 atom stereocenters. The first-order chi connectivity index (χ1) is 9.72. The van der Waals surface area contributed by atoms with Gasteiger partial charge in [-0.25, -0.2) is 0 Å². The summed E-state index contributed by atoms with van der Waals surface area (Å²) in [6.07, 6.45) is 3.94. The maximum absolute atomic E-state index is 12.0. The van der Waals surface area contributed by atoms with E-state index >= 15 is 0 Å². The number of rotatable bonds is 4. The average Bonchev–Trinajstić information content (AvgIpc) is 2.78. The number of aromatic nitrogens is 2. The number of aromatic amines is 1. The largest absolute Gasteiger partial charge is 0.309 e. The van der Waals surface area contributed by atoms with Crippen molar-refractivity contribution in [2.45, 2.75) is 31.6 Å². The van der Waals surface area contributed by atoms with Crippen molar-refractivity contribution in [1.82, 2.24) is 10.2 Å². The minimum atomic E-state index is -0.107. The van der Waals surface area contributed by atoms with Crippen LogP contribution in [0.1, 0.15) is 36.4 Å². The van der Waals surface area contributed by atoms with Crippen LogP contribution in [0, 0.1) is 0 Å². The summed E-state index contributed by atoms with van der Waals surface area (Å²) in [6.45, 7) is 0. The van der Waals surface area contributed by atoms with Crippen molar-refractivity contribution < 1.29 is 4.79 Å². The number of benzene rings is 1. The molecule has 0 saturated heterocycles. The summed E-state index contributed by atoms with van der Waals surface area (Å²) < 4.78 is 0. The minimum Gasteiger partial charge on any atom is -0.309 e. The summed E-state index contributed by atoms with van der Waals surface area (Å²) in [7, 11) is 0. The summed E-state index contributed by atoms with van der Waals surface area (Å²) in [5, 5.41) is 10.5. The fraction of sp³-hybridized carbons (Fsp3) is 0.333. The van der Waals surface area contributed by atoms with Gasteiger partial charge in [0.25, 0.3) is 0 Å². The van der Waals surface area contributed by atoms with Crippen LogP contribution in [0.5, 0.6) is 0 Å². The fourth-order valence-corrected chi connectivity index (χ4v) is 2.53. The monoisotopic (exact) mass is 289 g/mol. The van der Waals surface area contributed by atoms with E-state index in [0.717, 1.165) is 11.3 Å². The zero-order valence-corrected chi connectivity index (χ0v) is 11.8. The molecule has 20 heavy (non-hydrogen) atoms. The normalized spacial score (nSPS) is 14.8. The van der Waals surface area contributed by atoms with Gasteiger partial charge in [0, 0.05) is 22.7 Å². The molecule has 0 bridgehead atoms. The number of amides is 1. The lowest BCUT2D eigenvalue weighted by molar-refractivity contribution is -0.115. The van der Waals surface area contributed by atoms with E-state index in [0.29, 0.717) is 16.8 Å². The first-order valence-corrected chi connectivity index (χ1v) is 7.19. The van der Waals surface area contributed by atoms with Gasteiger partial charge in [-0.3, -0.25) is 9.89 Å². The highest BCUT2D eigenvalue weighted by atomic mass is 35.5. The molecule has 2 N–H and O–H groups in total. The lowest BCUT2D eigenvalue weighted by Gasteiger charge is -2.23. The van der Waals surface area contributed by atoms with Crippen molar-refractivity contribution >= 4 is 23.3 Å². The Hall–Kier alpha value is -1.81. The van der Waals surface area contributed by atoms with Gasteiger partial charge >= 0.3 is 0 Å². The number of anilines is 1. The Balaban J connectivity index is 1.61. The molecule has 5 heteroatoms. The first-order valence-electron chi connectivity index (χ1n) is 6.81. The molecule has 0 aliphatic heterocycles. The van der Waals surface area contributed by atoms with E-state index in [1.165, 1.54) is 19.3 Å². The van der Waals surface area contributed by atoms with Crippen LogP contribution in [0.4, 0.5) is 5.82 Å². The molecule has 1 fully saturated rings. The van der Waals surface area contributed by atoms with Crippen LogP contribution in [-0.2, 0) is 11.2 Å². The van der Waals surface area contributed by atoms with Gasteiger partial charge in [0.15, 0.2) is 5.82 Å². The number of nitrogens with zero attached hydrogens (tertiary/aromatic N) is 1. The maximum atomic E-state index is 12.0. The molecule has 2 aromatic rings. The van der Waals surface area contributed by atoms with Crippen LogP contribution in [0.15, 0.2) is 30.3 Å². The fourth-order valence-electron chi connectivity index (χ4n) is 2.33. The van der Waals surface area contributed by atoms with Crippen LogP contribution >= 0.6 is 11.6 Å². The second-order valence-corrected chi connectivity index (χ2v) is 5.56. The molecule has 1 saturated carbocycles. The lowest BCUT2D eigenvalue weighted by Crippen LogP contribution is -2.14. The van der Waals surface area contributed by atoms with Gasteiger partial charge in [0.05, 0.1) is 6.42 Å².